The molecule has 0 bridgehead atoms. The van der Waals surface area contributed by atoms with Crippen molar-refractivity contribution in [2.24, 2.45) is 0 Å². The molecule has 1 aromatic carbocycles. The second-order valence-electron chi connectivity index (χ2n) is 6.13. The minimum atomic E-state index is 0.00161. The number of nitrogen functional groups attached to an aromatic ring is 1. The third-order valence-electron chi connectivity index (χ3n) is 4.35. The van der Waals surface area contributed by atoms with E-state index in [4.69, 9.17) is 10.5 Å². The van der Waals surface area contributed by atoms with Crippen LogP contribution in [0.1, 0.15) is 18.6 Å². The number of anilines is 2. The first kappa shape index (κ1) is 15.6. The van der Waals surface area contributed by atoms with Crippen molar-refractivity contribution in [1.82, 2.24) is 19.7 Å². The fraction of sp³-hybridized carbons (Fsp3) is 0.278. The maximum atomic E-state index is 6.03. The smallest absolute Gasteiger partial charge is 0.224 e. The van der Waals surface area contributed by atoms with E-state index in [0.717, 1.165) is 11.4 Å². The monoisotopic (exact) mass is 336 g/mol. The lowest BCUT2D eigenvalue weighted by molar-refractivity contribution is 0.0212. The highest BCUT2D eigenvalue weighted by atomic mass is 16.5. The molecule has 1 aliphatic rings. The molecule has 4 rings (SSSR count). The van der Waals surface area contributed by atoms with E-state index in [1.807, 2.05) is 36.5 Å². The van der Waals surface area contributed by atoms with Gasteiger partial charge >= 0.3 is 0 Å². The van der Waals surface area contributed by atoms with Crippen molar-refractivity contribution in [2.75, 3.05) is 23.8 Å². The lowest BCUT2D eigenvalue weighted by atomic mass is 10.1. The molecule has 128 valence electrons. The molecule has 1 fully saturated rings. The summed E-state index contributed by atoms with van der Waals surface area (Å²) in [6.45, 7) is 3.45. The number of hydrogen-bond donors (Lipinski definition) is 1. The summed E-state index contributed by atoms with van der Waals surface area (Å²) in [7, 11) is 0. The van der Waals surface area contributed by atoms with E-state index in [9.17, 15) is 0 Å². The Labute approximate surface area is 146 Å². The van der Waals surface area contributed by atoms with Gasteiger partial charge in [0.05, 0.1) is 19.2 Å². The summed E-state index contributed by atoms with van der Waals surface area (Å²) in [4.78, 5) is 10.9. The van der Waals surface area contributed by atoms with Crippen LogP contribution in [0.5, 0.6) is 0 Å². The first-order chi connectivity index (χ1) is 12.2. The van der Waals surface area contributed by atoms with Crippen LogP contribution in [-0.2, 0) is 4.74 Å². The van der Waals surface area contributed by atoms with Crippen molar-refractivity contribution in [2.45, 2.75) is 19.1 Å². The highest BCUT2D eigenvalue weighted by Crippen LogP contribution is 2.29. The summed E-state index contributed by atoms with van der Waals surface area (Å²) < 4.78 is 7.71. The van der Waals surface area contributed by atoms with Gasteiger partial charge in [0.15, 0.2) is 5.82 Å². The summed E-state index contributed by atoms with van der Waals surface area (Å²) in [5.74, 6) is 1.68. The third-order valence-corrected chi connectivity index (χ3v) is 4.35. The van der Waals surface area contributed by atoms with E-state index >= 15 is 0 Å². The number of benzene rings is 1. The van der Waals surface area contributed by atoms with Crippen molar-refractivity contribution in [3.8, 4) is 5.82 Å². The quantitative estimate of drug-likeness (QED) is 0.790. The number of nitrogens with zero attached hydrogens (tertiary/aromatic N) is 5. The predicted octanol–water partition coefficient (Wildman–Crippen LogP) is 2.21. The van der Waals surface area contributed by atoms with Crippen LogP contribution < -0.4 is 10.6 Å². The molecule has 0 amide bonds. The molecule has 0 aliphatic carbocycles. The van der Waals surface area contributed by atoms with Crippen molar-refractivity contribution in [3.05, 3.63) is 60.4 Å². The minimum Gasteiger partial charge on any atom is -0.370 e. The Morgan fingerprint density at radius 3 is 2.68 bits per heavy atom. The molecule has 7 nitrogen and oxygen atoms in total. The standard InChI is InChI=1S/C18H20N6O/c1-13-12-25-15(14-6-3-2-4-7-14)11-23(13)16-10-17(22-18(19)21-16)24-9-5-8-20-24/h2-10,13,15H,11-12H2,1H3,(H2,19,21,22)/t13-,15-/m1/s1. The van der Waals surface area contributed by atoms with Gasteiger partial charge in [-0.15, -0.1) is 0 Å². The Hall–Kier alpha value is -2.93. The van der Waals surface area contributed by atoms with Gasteiger partial charge in [-0.3, -0.25) is 0 Å². The average molecular weight is 336 g/mol. The van der Waals surface area contributed by atoms with E-state index in [1.54, 1.807) is 10.9 Å². The Kier molecular flexibility index (Phi) is 4.07. The molecule has 0 unspecified atom stereocenters. The normalized spacial score (nSPS) is 20.6. The van der Waals surface area contributed by atoms with Crippen LogP contribution in [0.15, 0.2) is 54.9 Å². The number of nitrogens with two attached hydrogens (primary N) is 1. The summed E-state index contributed by atoms with van der Waals surface area (Å²) >= 11 is 0. The number of morpholine rings is 1. The van der Waals surface area contributed by atoms with E-state index in [-0.39, 0.29) is 18.1 Å². The Morgan fingerprint density at radius 2 is 1.92 bits per heavy atom. The van der Waals surface area contributed by atoms with Gasteiger partial charge < -0.3 is 15.4 Å². The second kappa shape index (κ2) is 6.52. The Balaban J connectivity index is 1.65. The highest BCUT2D eigenvalue weighted by Gasteiger charge is 2.28. The average Bonchev–Trinajstić information content (AvgIpc) is 3.17. The number of aromatic nitrogens is 4. The van der Waals surface area contributed by atoms with Crippen molar-refractivity contribution in [3.63, 3.8) is 0 Å². The fourth-order valence-corrected chi connectivity index (χ4v) is 3.05. The lowest BCUT2D eigenvalue weighted by Gasteiger charge is -2.39. The zero-order chi connectivity index (χ0) is 17.2. The van der Waals surface area contributed by atoms with Gasteiger partial charge in [-0.05, 0) is 18.6 Å². The summed E-state index contributed by atoms with van der Waals surface area (Å²) in [6, 6.07) is 14.2. The lowest BCUT2D eigenvalue weighted by Crippen LogP contribution is -2.45. The number of hydrogen-bond acceptors (Lipinski definition) is 6. The van der Waals surface area contributed by atoms with Gasteiger partial charge in [0.25, 0.3) is 0 Å². The Morgan fingerprint density at radius 1 is 1.12 bits per heavy atom. The van der Waals surface area contributed by atoms with Crippen LogP contribution >= 0.6 is 0 Å². The largest absolute Gasteiger partial charge is 0.370 e. The SMILES string of the molecule is C[C@@H]1CO[C@@H](c2ccccc2)CN1c1cc(-n2cccn2)nc(N)n1. The van der Waals surface area contributed by atoms with Crippen LogP contribution in [0.4, 0.5) is 11.8 Å². The molecule has 0 spiro atoms. The van der Waals surface area contributed by atoms with E-state index in [1.165, 1.54) is 0 Å². The summed E-state index contributed by atoms with van der Waals surface area (Å²) in [5, 5.41) is 4.22. The zero-order valence-electron chi connectivity index (χ0n) is 14.0. The zero-order valence-corrected chi connectivity index (χ0v) is 14.0. The van der Waals surface area contributed by atoms with Crippen molar-refractivity contribution < 1.29 is 4.74 Å². The molecule has 3 aromatic rings. The fourth-order valence-electron chi connectivity index (χ4n) is 3.05. The predicted molar refractivity (Wildman–Crippen MR) is 95.5 cm³/mol. The molecule has 2 aromatic heterocycles. The van der Waals surface area contributed by atoms with E-state index in [2.05, 4.69) is 39.0 Å². The van der Waals surface area contributed by atoms with Gasteiger partial charge in [0.1, 0.15) is 11.9 Å². The molecular weight excluding hydrogens is 316 g/mol. The van der Waals surface area contributed by atoms with Gasteiger partial charge in [0.2, 0.25) is 5.95 Å². The topological polar surface area (TPSA) is 82.1 Å². The second-order valence-corrected chi connectivity index (χ2v) is 6.13. The maximum Gasteiger partial charge on any atom is 0.224 e. The molecule has 1 saturated heterocycles. The van der Waals surface area contributed by atoms with Crippen LogP contribution in [0.25, 0.3) is 5.82 Å². The third kappa shape index (κ3) is 3.18. The van der Waals surface area contributed by atoms with Crippen LogP contribution in [0.2, 0.25) is 0 Å². The first-order valence-electron chi connectivity index (χ1n) is 8.28. The van der Waals surface area contributed by atoms with Crippen LogP contribution in [0.3, 0.4) is 0 Å². The number of ether oxygens (including phenoxy) is 1. The molecular formula is C18H20N6O. The van der Waals surface area contributed by atoms with Gasteiger partial charge in [-0.2, -0.15) is 15.1 Å². The maximum absolute atomic E-state index is 6.03. The van der Waals surface area contributed by atoms with E-state index < -0.39 is 0 Å². The molecule has 1 aliphatic heterocycles. The minimum absolute atomic E-state index is 0.00161. The molecule has 0 radical (unpaired) electrons. The molecule has 0 saturated carbocycles. The number of rotatable bonds is 3. The van der Waals surface area contributed by atoms with Crippen LogP contribution in [-0.4, -0.2) is 38.9 Å². The van der Waals surface area contributed by atoms with Gasteiger partial charge in [0, 0.05) is 18.5 Å². The molecule has 25 heavy (non-hydrogen) atoms. The van der Waals surface area contributed by atoms with Crippen molar-refractivity contribution in [1.29, 1.82) is 0 Å². The van der Waals surface area contributed by atoms with Crippen LogP contribution in [0, 0.1) is 0 Å². The molecule has 7 heteroatoms. The van der Waals surface area contributed by atoms with Gasteiger partial charge in [-0.25, -0.2) is 4.68 Å². The molecule has 2 atom stereocenters. The van der Waals surface area contributed by atoms with Gasteiger partial charge in [-0.1, -0.05) is 30.3 Å². The summed E-state index contributed by atoms with van der Waals surface area (Å²) in [5.41, 5.74) is 7.10. The Bertz CT molecular complexity index is 836. The van der Waals surface area contributed by atoms with E-state index in [0.29, 0.717) is 19.0 Å². The molecule has 3 heterocycles. The molecule has 2 N–H and O–H groups in total. The van der Waals surface area contributed by atoms with Crippen molar-refractivity contribution >= 4 is 11.8 Å². The highest BCUT2D eigenvalue weighted by molar-refractivity contribution is 5.49. The summed E-state index contributed by atoms with van der Waals surface area (Å²) in [6.07, 6.45) is 3.55. The first-order valence-corrected chi connectivity index (χ1v) is 8.28.